The number of thiophene rings is 1. The van der Waals surface area contributed by atoms with Gasteiger partial charge in [0.25, 0.3) is 5.56 Å². The van der Waals surface area contributed by atoms with Gasteiger partial charge >= 0.3 is 0 Å². The number of carbonyl (C=O) groups is 1. The summed E-state index contributed by atoms with van der Waals surface area (Å²) in [6.45, 7) is 3.67. The van der Waals surface area contributed by atoms with E-state index in [1.54, 1.807) is 6.92 Å². The van der Waals surface area contributed by atoms with Gasteiger partial charge in [0.2, 0.25) is 5.91 Å². The summed E-state index contributed by atoms with van der Waals surface area (Å²) in [5.41, 5.74) is 2.68. The maximum absolute atomic E-state index is 13.0. The Balaban J connectivity index is 1.64. The zero-order valence-electron chi connectivity index (χ0n) is 15.6. The van der Waals surface area contributed by atoms with Crippen LogP contribution in [0.1, 0.15) is 11.4 Å². The lowest BCUT2D eigenvalue weighted by Crippen LogP contribution is -2.29. The molecule has 4 rings (SSSR count). The predicted octanol–water partition coefficient (Wildman–Crippen LogP) is 4.38. The average Bonchev–Trinajstić information content (AvgIpc) is 3.12. The molecule has 5 nitrogen and oxygen atoms in total. The highest BCUT2D eigenvalue weighted by atomic mass is 32.1. The summed E-state index contributed by atoms with van der Waals surface area (Å²) >= 11 is 1.49. The Morgan fingerprint density at radius 1 is 1.07 bits per heavy atom. The van der Waals surface area contributed by atoms with Crippen molar-refractivity contribution in [3.63, 3.8) is 0 Å². The lowest BCUT2D eigenvalue weighted by molar-refractivity contribution is -0.116. The van der Waals surface area contributed by atoms with Crippen LogP contribution in [0.5, 0.6) is 0 Å². The quantitative estimate of drug-likeness (QED) is 0.563. The Hall–Kier alpha value is -3.25. The topological polar surface area (TPSA) is 64.0 Å². The number of rotatable bonds is 4. The molecule has 0 fully saturated rings. The number of nitrogens with one attached hydrogen (secondary N) is 1. The van der Waals surface area contributed by atoms with E-state index in [1.807, 2.05) is 67.6 Å². The minimum absolute atomic E-state index is 0.0714. The molecule has 2 aromatic heterocycles. The third-order valence-electron chi connectivity index (χ3n) is 4.54. The van der Waals surface area contributed by atoms with E-state index in [1.165, 1.54) is 15.9 Å². The van der Waals surface area contributed by atoms with Crippen molar-refractivity contribution in [1.82, 2.24) is 9.55 Å². The first-order chi connectivity index (χ1) is 13.5. The molecule has 0 unspecified atom stereocenters. The molecule has 0 aliphatic carbocycles. The molecule has 0 aliphatic rings. The Bertz CT molecular complexity index is 1210. The molecular formula is C22H19N3O2S. The molecule has 2 heterocycles. The van der Waals surface area contributed by atoms with Crippen molar-refractivity contribution in [3.05, 3.63) is 82.4 Å². The van der Waals surface area contributed by atoms with Gasteiger partial charge in [-0.05, 0) is 37.6 Å². The summed E-state index contributed by atoms with van der Waals surface area (Å²) in [6.07, 6.45) is 0. The van der Waals surface area contributed by atoms with Crippen LogP contribution in [0, 0.1) is 13.8 Å². The lowest BCUT2D eigenvalue weighted by Gasteiger charge is -2.10. The average molecular weight is 389 g/mol. The van der Waals surface area contributed by atoms with Crippen molar-refractivity contribution >= 4 is 33.1 Å². The van der Waals surface area contributed by atoms with E-state index in [-0.39, 0.29) is 18.0 Å². The molecule has 1 amide bonds. The molecule has 140 valence electrons. The monoisotopic (exact) mass is 389 g/mol. The van der Waals surface area contributed by atoms with Crippen LogP contribution in [0.15, 0.2) is 65.5 Å². The first kappa shape index (κ1) is 18.1. The maximum Gasteiger partial charge on any atom is 0.262 e. The largest absolute Gasteiger partial charge is 0.325 e. The van der Waals surface area contributed by atoms with Crippen molar-refractivity contribution in [2.75, 3.05) is 5.32 Å². The maximum atomic E-state index is 13.0. The van der Waals surface area contributed by atoms with Gasteiger partial charge in [0.05, 0.1) is 5.39 Å². The number of carbonyl (C=O) groups excluding carboxylic acids is 1. The van der Waals surface area contributed by atoms with Gasteiger partial charge in [0.15, 0.2) is 0 Å². The van der Waals surface area contributed by atoms with Crippen LogP contribution < -0.4 is 10.9 Å². The Morgan fingerprint density at radius 2 is 1.79 bits per heavy atom. The van der Waals surface area contributed by atoms with Crippen LogP contribution >= 0.6 is 11.3 Å². The molecule has 4 aromatic rings. The van der Waals surface area contributed by atoms with Crippen molar-refractivity contribution < 1.29 is 4.79 Å². The smallest absolute Gasteiger partial charge is 0.262 e. The summed E-state index contributed by atoms with van der Waals surface area (Å²) in [5, 5.41) is 3.37. The normalized spacial score (nSPS) is 10.9. The van der Waals surface area contributed by atoms with Gasteiger partial charge in [-0.25, -0.2) is 4.98 Å². The Morgan fingerprint density at radius 3 is 2.50 bits per heavy atom. The molecule has 28 heavy (non-hydrogen) atoms. The van der Waals surface area contributed by atoms with Crippen molar-refractivity contribution in [2.45, 2.75) is 20.4 Å². The minimum atomic E-state index is -0.256. The first-order valence-corrected chi connectivity index (χ1v) is 9.76. The van der Waals surface area contributed by atoms with Crippen molar-refractivity contribution in [2.24, 2.45) is 0 Å². The second-order valence-corrected chi connectivity index (χ2v) is 7.69. The SMILES string of the molecule is Cc1ccc(NC(=O)Cn2c(C)nc3sc(-c4ccccc4)cc3c2=O)cc1. The number of fused-ring (bicyclic) bond motifs is 1. The summed E-state index contributed by atoms with van der Waals surface area (Å²) < 4.78 is 1.42. The highest BCUT2D eigenvalue weighted by Gasteiger charge is 2.15. The number of amides is 1. The third kappa shape index (κ3) is 3.59. The zero-order valence-corrected chi connectivity index (χ0v) is 16.4. The summed E-state index contributed by atoms with van der Waals surface area (Å²) in [5.74, 6) is 0.270. The van der Waals surface area contributed by atoms with E-state index in [4.69, 9.17) is 0 Å². The Kier molecular flexibility index (Phi) is 4.79. The molecule has 6 heteroatoms. The minimum Gasteiger partial charge on any atom is -0.325 e. The van der Waals surface area contributed by atoms with Gasteiger partial charge in [-0.3, -0.25) is 14.2 Å². The van der Waals surface area contributed by atoms with Crippen LogP contribution in [0.3, 0.4) is 0 Å². The molecule has 0 saturated carbocycles. The van der Waals surface area contributed by atoms with Crippen LogP contribution in [0.25, 0.3) is 20.7 Å². The van der Waals surface area contributed by atoms with Crippen LogP contribution in [0.2, 0.25) is 0 Å². The first-order valence-electron chi connectivity index (χ1n) is 8.94. The van der Waals surface area contributed by atoms with Crippen molar-refractivity contribution in [3.8, 4) is 10.4 Å². The fourth-order valence-electron chi connectivity index (χ4n) is 3.03. The molecule has 0 saturated heterocycles. The third-order valence-corrected chi connectivity index (χ3v) is 5.62. The second-order valence-electron chi connectivity index (χ2n) is 6.66. The van der Waals surface area contributed by atoms with Crippen molar-refractivity contribution in [1.29, 1.82) is 0 Å². The number of nitrogens with zero attached hydrogens (tertiary/aromatic N) is 2. The number of benzene rings is 2. The fourth-order valence-corrected chi connectivity index (χ4v) is 4.10. The standard InChI is InChI=1S/C22H19N3O2S/c1-14-8-10-17(11-9-14)24-20(26)13-25-15(2)23-21-18(22(25)27)12-19(28-21)16-6-4-3-5-7-16/h3-12H,13H2,1-2H3,(H,24,26). The summed E-state index contributed by atoms with van der Waals surface area (Å²) in [4.78, 5) is 31.6. The van der Waals surface area contributed by atoms with E-state index in [9.17, 15) is 9.59 Å². The van der Waals surface area contributed by atoms with Gasteiger partial charge < -0.3 is 5.32 Å². The molecular weight excluding hydrogens is 370 g/mol. The molecule has 2 aromatic carbocycles. The van der Waals surface area contributed by atoms with E-state index in [0.717, 1.165) is 16.0 Å². The Labute approximate surface area is 166 Å². The van der Waals surface area contributed by atoms with Gasteiger partial charge in [-0.2, -0.15) is 0 Å². The number of hydrogen-bond acceptors (Lipinski definition) is 4. The van der Waals surface area contributed by atoms with E-state index in [0.29, 0.717) is 21.7 Å². The zero-order chi connectivity index (χ0) is 19.7. The number of aryl methyl sites for hydroxylation is 2. The number of hydrogen-bond donors (Lipinski definition) is 1. The molecule has 0 atom stereocenters. The molecule has 0 aliphatic heterocycles. The second kappa shape index (κ2) is 7.40. The molecule has 0 radical (unpaired) electrons. The highest BCUT2D eigenvalue weighted by Crippen LogP contribution is 2.30. The van der Waals surface area contributed by atoms with E-state index >= 15 is 0 Å². The number of anilines is 1. The highest BCUT2D eigenvalue weighted by molar-refractivity contribution is 7.21. The van der Waals surface area contributed by atoms with Crippen LogP contribution in [-0.4, -0.2) is 15.5 Å². The summed E-state index contributed by atoms with van der Waals surface area (Å²) in [7, 11) is 0. The van der Waals surface area contributed by atoms with Crippen LogP contribution in [0.4, 0.5) is 5.69 Å². The van der Waals surface area contributed by atoms with E-state index in [2.05, 4.69) is 10.3 Å². The van der Waals surface area contributed by atoms with Gasteiger partial charge in [0, 0.05) is 10.6 Å². The predicted molar refractivity (Wildman–Crippen MR) is 114 cm³/mol. The van der Waals surface area contributed by atoms with Gasteiger partial charge in [-0.1, -0.05) is 48.0 Å². The number of aromatic nitrogens is 2. The fraction of sp³-hybridized carbons (Fsp3) is 0.136. The summed E-state index contributed by atoms with van der Waals surface area (Å²) in [6, 6.07) is 19.3. The van der Waals surface area contributed by atoms with Gasteiger partial charge in [-0.15, -0.1) is 11.3 Å². The van der Waals surface area contributed by atoms with Crippen LogP contribution in [-0.2, 0) is 11.3 Å². The van der Waals surface area contributed by atoms with E-state index < -0.39 is 0 Å². The lowest BCUT2D eigenvalue weighted by atomic mass is 10.2. The molecule has 0 spiro atoms. The van der Waals surface area contributed by atoms with Gasteiger partial charge in [0.1, 0.15) is 17.2 Å². The molecule has 1 N–H and O–H groups in total. The molecule has 0 bridgehead atoms.